The van der Waals surface area contributed by atoms with E-state index in [4.69, 9.17) is 5.11 Å². The molecule has 2 heterocycles. The van der Waals surface area contributed by atoms with Crippen molar-refractivity contribution in [3.63, 3.8) is 0 Å². The second-order valence-electron chi connectivity index (χ2n) is 5.30. The van der Waals surface area contributed by atoms with Crippen LogP contribution in [0.3, 0.4) is 0 Å². The molecular formula is C13H18N4O2. The fourth-order valence-electron chi connectivity index (χ4n) is 2.44. The summed E-state index contributed by atoms with van der Waals surface area (Å²) in [5.74, 6) is 0.564. The van der Waals surface area contributed by atoms with E-state index in [1.165, 1.54) is 25.6 Å². The van der Waals surface area contributed by atoms with Crippen molar-refractivity contribution in [3.8, 4) is 0 Å². The molecular weight excluding hydrogens is 244 g/mol. The topological polar surface area (TPSA) is 69.6 Å². The van der Waals surface area contributed by atoms with Gasteiger partial charge in [-0.1, -0.05) is 0 Å². The van der Waals surface area contributed by atoms with Gasteiger partial charge in [-0.2, -0.15) is 0 Å². The number of aromatic nitrogens is 2. The standard InChI is InChI=1S/C13H18N4O2/c18-13(19)11-7-14-8-12(15-11)17-5-3-16(4-6-17)9-10-1-2-10/h7-8,10H,1-6,9H2,(H,18,19). The largest absolute Gasteiger partial charge is 0.476 e. The van der Waals surface area contributed by atoms with Crippen LogP contribution in [0.15, 0.2) is 12.4 Å². The van der Waals surface area contributed by atoms with Crippen LogP contribution in [0.1, 0.15) is 23.3 Å². The lowest BCUT2D eigenvalue weighted by Crippen LogP contribution is -2.47. The summed E-state index contributed by atoms with van der Waals surface area (Å²) in [7, 11) is 0. The molecule has 0 spiro atoms. The van der Waals surface area contributed by atoms with Gasteiger partial charge in [-0.15, -0.1) is 0 Å². The van der Waals surface area contributed by atoms with E-state index >= 15 is 0 Å². The van der Waals surface area contributed by atoms with E-state index in [0.29, 0.717) is 5.82 Å². The second kappa shape index (κ2) is 5.13. The molecule has 2 aliphatic rings. The van der Waals surface area contributed by atoms with Crippen molar-refractivity contribution in [2.24, 2.45) is 5.92 Å². The third-order valence-electron chi connectivity index (χ3n) is 3.75. The molecule has 2 fully saturated rings. The molecule has 1 saturated carbocycles. The van der Waals surface area contributed by atoms with E-state index in [0.717, 1.165) is 32.1 Å². The van der Waals surface area contributed by atoms with Crippen LogP contribution in [0.4, 0.5) is 5.82 Å². The number of piperazine rings is 1. The van der Waals surface area contributed by atoms with Gasteiger partial charge in [-0.25, -0.2) is 9.78 Å². The molecule has 0 radical (unpaired) electrons. The molecule has 6 heteroatoms. The quantitative estimate of drug-likeness (QED) is 0.861. The molecule has 1 aromatic heterocycles. The molecule has 0 bridgehead atoms. The fourth-order valence-corrected chi connectivity index (χ4v) is 2.44. The van der Waals surface area contributed by atoms with E-state index in [1.54, 1.807) is 6.20 Å². The highest BCUT2D eigenvalue weighted by Gasteiger charge is 2.26. The highest BCUT2D eigenvalue weighted by Crippen LogP contribution is 2.30. The third kappa shape index (κ3) is 3.01. The number of aromatic carboxylic acids is 1. The Morgan fingerprint density at radius 1 is 1.26 bits per heavy atom. The van der Waals surface area contributed by atoms with Gasteiger partial charge < -0.3 is 10.0 Å². The highest BCUT2D eigenvalue weighted by atomic mass is 16.4. The van der Waals surface area contributed by atoms with Crippen molar-refractivity contribution in [1.82, 2.24) is 14.9 Å². The Morgan fingerprint density at radius 2 is 2.00 bits per heavy atom. The molecule has 1 aliphatic carbocycles. The maximum atomic E-state index is 10.9. The summed E-state index contributed by atoms with van der Waals surface area (Å²) in [4.78, 5) is 23.6. The fraction of sp³-hybridized carbons (Fsp3) is 0.615. The minimum atomic E-state index is -1.03. The van der Waals surface area contributed by atoms with Crippen molar-refractivity contribution in [2.45, 2.75) is 12.8 Å². The van der Waals surface area contributed by atoms with E-state index in [2.05, 4.69) is 19.8 Å². The van der Waals surface area contributed by atoms with Crippen LogP contribution in [-0.2, 0) is 0 Å². The van der Waals surface area contributed by atoms with Gasteiger partial charge in [0.1, 0.15) is 5.82 Å². The molecule has 3 rings (SSSR count). The predicted octanol–water partition coefficient (Wildman–Crippen LogP) is 0.707. The molecule has 1 aromatic rings. The Labute approximate surface area is 112 Å². The first kappa shape index (κ1) is 12.3. The number of nitrogens with zero attached hydrogens (tertiary/aromatic N) is 4. The number of carboxylic acid groups (broad SMARTS) is 1. The first-order valence-corrected chi connectivity index (χ1v) is 6.75. The van der Waals surface area contributed by atoms with Gasteiger partial charge in [0.15, 0.2) is 5.69 Å². The molecule has 0 amide bonds. The Kier molecular flexibility index (Phi) is 3.33. The van der Waals surface area contributed by atoms with Crippen molar-refractivity contribution in [3.05, 3.63) is 18.1 Å². The zero-order valence-electron chi connectivity index (χ0n) is 10.8. The molecule has 1 saturated heterocycles. The van der Waals surface area contributed by atoms with Crippen molar-refractivity contribution < 1.29 is 9.90 Å². The first-order valence-electron chi connectivity index (χ1n) is 6.75. The minimum Gasteiger partial charge on any atom is -0.476 e. The van der Waals surface area contributed by atoms with Gasteiger partial charge in [0.25, 0.3) is 0 Å². The van der Waals surface area contributed by atoms with E-state index in [1.807, 2.05) is 0 Å². The smallest absolute Gasteiger partial charge is 0.356 e. The van der Waals surface area contributed by atoms with Crippen LogP contribution in [0.5, 0.6) is 0 Å². The average Bonchev–Trinajstić information content (AvgIpc) is 3.24. The predicted molar refractivity (Wildman–Crippen MR) is 70.4 cm³/mol. The monoisotopic (exact) mass is 262 g/mol. The number of anilines is 1. The van der Waals surface area contributed by atoms with Crippen LogP contribution in [0, 0.1) is 5.92 Å². The van der Waals surface area contributed by atoms with Crippen molar-refractivity contribution in [2.75, 3.05) is 37.6 Å². The molecule has 0 atom stereocenters. The molecule has 102 valence electrons. The highest BCUT2D eigenvalue weighted by molar-refractivity contribution is 5.85. The summed E-state index contributed by atoms with van der Waals surface area (Å²) in [6.45, 7) is 5.05. The van der Waals surface area contributed by atoms with Gasteiger partial charge in [0.2, 0.25) is 0 Å². The van der Waals surface area contributed by atoms with Crippen molar-refractivity contribution >= 4 is 11.8 Å². The zero-order chi connectivity index (χ0) is 13.2. The summed E-state index contributed by atoms with van der Waals surface area (Å²) in [5, 5.41) is 8.93. The number of hydrogen-bond acceptors (Lipinski definition) is 5. The number of carbonyl (C=O) groups is 1. The Balaban J connectivity index is 1.60. The number of rotatable bonds is 4. The lowest BCUT2D eigenvalue weighted by atomic mass is 10.3. The minimum absolute atomic E-state index is 0.0120. The normalized spacial score (nSPS) is 20.5. The summed E-state index contributed by atoms with van der Waals surface area (Å²) in [5.41, 5.74) is 0.0120. The van der Waals surface area contributed by atoms with Crippen LogP contribution in [-0.4, -0.2) is 58.7 Å². The molecule has 0 unspecified atom stereocenters. The lowest BCUT2D eigenvalue weighted by Gasteiger charge is -2.35. The Morgan fingerprint density at radius 3 is 2.63 bits per heavy atom. The number of carboxylic acids is 1. The maximum absolute atomic E-state index is 10.9. The molecule has 6 nitrogen and oxygen atoms in total. The summed E-state index contributed by atoms with van der Waals surface area (Å²) >= 11 is 0. The molecule has 1 N–H and O–H groups in total. The van der Waals surface area contributed by atoms with E-state index < -0.39 is 5.97 Å². The van der Waals surface area contributed by atoms with Gasteiger partial charge in [-0.3, -0.25) is 9.88 Å². The average molecular weight is 262 g/mol. The summed E-state index contributed by atoms with van der Waals surface area (Å²) < 4.78 is 0. The van der Waals surface area contributed by atoms with E-state index in [9.17, 15) is 4.79 Å². The summed E-state index contributed by atoms with van der Waals surface area (Å²) in [6, 6.07) is 0. The Hall–Kier alpha value is -1.69. The van der Waals surface area contributed by atoms with Gasteiger partial charge in [0.05, 0.1) is 12.4 Å². The molecule has 0 aromatic carbocycles. The lowest BCUT2D eigenvalue weighted by molar-refractivity contribution is 0.0690. The third-order valence-corrected chi connectivity index (χ3v) is 3.75. The second-order valence-corrected chi connectivity index (χ2v) is 5.30. The number of hydrogen-bond donors (Lipinski definition) is 1. The zero-order valence-corrected chi connectivity index (χ0v) is 10.8. The first-order chi connectivity index (χ1) is 9.22. The maximum Gasteiger partial charge on any atom is 0.356 e. The SMILES string of the molecule is O=C(O)c1cncc(N2CCN(CC3CC3)CC2)n1. The van der Waals surface area contributed by atoms with Crippen molar-refractivity contribution in [1.29, 1.82) is 0 Å². The van der Waals surface area contributed by atoms with E-state index in [-0.39, 0.29) is 5.69 Å². The molecule has 19 heavy (non-hydrogen) atoms. The Bertz CT molecular complexity index is 467. The van der Waals surface area contributed by atoms with Gasteiger partial charge in [-0.05, 0) is 18.8 Å². The van der Waals surface area contributed by atoms with Crippen LogP contribution >= 0.6 is 0 Å². The van der Waals surface area contributed by atoms with Gasteiger partial charge in [0, 0.05) is 32.7 Å². The van der Waals surface area contributed by atoms with Crippen LogP contribution < -0.4 is 4.90 Å². The molecule has 1 aliphatic heterocycles. The van der Waals surface area contributed by atoms with Gasteiger partial charge >= 0.3 is 5.97 Å². The van der Waals surface area contributed by atoms with Crippen LogP contribution in [0.25, 0.3) is 0 Å². The summed E-state index contributed by atoms with van der Waals surface area (Å²) in [6.07, 6.45) is 5.69. The van der Waals surface area contributed by atoms with Crippen LogP contribution in [0.2, 0.25) is 0 Å².